The highest BCUT2D eigenvalue weighted by Gasteiger charge is 2.24. The highest BCUT2D eigenvalue weighted by Crippen LogP contribution is 2.10. The molecule has 0 aliphatic carbocycles. The number of rotatable bonds is 5. The van der Waals surface area contributed by atoms with E-state index in [-0.39, 0.29) is 0 Å². The van der Waals surface area contributed by atoms with Crippen LogP contribution >= 0.6 is 11.6 Å². The van der Waals surface area contributed by atoms with Crippen molar-refractivity contribution in [3.63, 3.8) is 0 Å². The van der Waals surface area contributed by atoms with Gasteiger partial charge in [-0.2, -0.15) is 0 Å². The summed E-state index contributed by atoms with van der Waals surface area (Å²) in [5.41, 5.74) is 9.19. The van der Waals surface area contributed by atoms with Gasteiger partial charge in [0.2, 0.25) is 0 Å². The van der Waals surface area contributed by atoms with Crippen LogP contribution in [0.25, 0.3) is 6.08 Å². The Hall–Kier alpha value is -3.11. The van der Waals surface area contributed by atoms with E-state index < -0.39 is 23.9 Å². The first-order valence-corrected chi connectivity index (χ1v) is 8.82. The number of hydrogen-bond donors (Lipinski definition) is 4. The second kappa shape index (κ2) is 10.3. The second-order valence-corrected chi connectivity index (χ2v) is 6.46. The van der Waals surface area contributed by atoms with Crippen molar-refractivity contribution in [3.8, 4) is 11.8 Å². The fourth-order valence-corrected chi connectivity index (χ4v) is 2.49. The third-order valence-corrected chi connectivity index (χ3v) is 4.01. The highest BCUT2D eigenvalue weighted by atomic mass is 35.5. The average Bonchev–Trinajstić information content (AvgIpc) is 2.69. The summed E-state index contributed by atoms with van der Waals surface area (Å²) in [5, 5.41) is 11.9. The van der Waals surface area contributed by atoms with E-state index >= 15 is 0 Å². The maximum atomic E-state index is 12.3. The van der Waals surface area contributed by atoms with E-state index in [4.69, 9.17) is 22.5 Å². The number of halogens is 1. The smallest absolute Gasteiger partial charge is 0.267 e. The minimum absolute atomic E-state index is 0.360. The van der Waals surface area contributed by atoms with E-state index in [1.807, 2.05) is 18.2 Å². The SMILES string of the molecule is C[C@@H](N)[C@H](NC(=O)c1ccc(/C=C/C#Cc2cccc(Cl)c2)cc1)C(=O)NO. The first-order chi connectivity index (χ1) is 13.4. The number of benzene rings is 2. The molecule has 0 bridgehead atoms. The molecule has 0 heterocycles. The number of allylic oxidation sites excluding steroid dienone is 1. The summed E-state index contributed by atoms with van der Waals surface area (Å²) in [6.45, 7) is 1.55. The Morgan fingerprint density at radius 3 is 2.54 bits per heavy atom. The normalized spacial score (nSPS) is 12.6. The molecule has 0 radical (unpaired) electrons. The van der Waals surface area contributed by atoms with Crippen LogP contribution in [0.1, 0.15) is 28.4 Å². The molecule has 7 heteroatoms. The zero-order valence-electron chi connectivity index (χ0n) is 15.1. The van der Waals surface area contributed by atoms with Gasteiger partial charge in [-0.3, -0.25) is 14.8 Å². The van der Waals surface area contributed by atoms with Gasteiger partial charge in [0.05, 0.1) is 0 Å². The van der Waals surface area contributed by atoms with Crippen molar-refractivity contribution in [2.75, 3.05) is 0 Å². The highest BCUT2D eigenvalue weighted by molar-refractivity contribution is 6.30. The van der Waals surface area contributed by atoms with Crippen LogP contribution in [-0.4, -0.2) is 29.1 Å². The van der Waals surface area contributed by atoms with E-state index in [0.717, 1.165) is 11.1 Å². The summed E-state index contributed by atoms with van der Waals surface area (Å²) < 4.78 is 0. The number of nitrogens with two attached hydrogens (primary N) is 1. The fraction of sp³-hybridized carbons (Fsp3) is 0.143. The van der Waals surface area contributed by atoms with E-state index in [2.05, 4.69) is 17.2 Å². The Morgan fingerprint density at radius 2 is 1.93 bits per heavy atom. The van der Waals surface area contributed by atoms with Crippen molar-refractivity contribution in [1.29, 1.82) is 0 Å². The standard InChI is InChI=1S/C21H20ClN3O3/c1-14(23)19(21(27)25-28)24-20(26)17-11-9-15(10-12-17)5-2-3-6-16-7-4-8-18(22)13-16/h2,4-5,7-14,19,28H,23H2,1H3,(H,24,26)(H,25,27)/b5-2+/t14-,19+/m1/s1. The topological polar surface area (TPSA) is 104 Å². The Labute approximate surface area is 168 Å². The van der Waals surface area contributed by atoms with E-state index in [9.17, 15) is 9.59 Å². The monoisotopic (exact) mass is 397 g/mol. The van der Waals surface area contributed by atoms with Crippen LogP contribution < -0.4 is 16.5 Å². The number of carbonyl (C=O) groups excluding carboxylic acids is 2. The number of carbonyl (C=O) groups is 2. The minimum Gasteiger partial charge on any atom is -0.339 e. The summed E-state index contributed by atoms with van der Waals surface area (Å²) >= 11 is 5.91. The molecule has 0 aliphatic heterocycles. The molecule has 0 unspecified atom stereocenters. The molecule has 2 rings (SSSR count). The van der Waals surface area contributed by atoms with E-state index in [0.29, 0.717) is 10.6 Å². The third-order valence-electron chi connectivity index (χ3n) is 3.78. The third kappa shape index (κ3) is 6.25. The van der Waals surface area contributed by atoms with Crippen molar-refractivity contribution in [3.05, 3.63) is 76.3 Å². The number of amides is 2. The van der Waals surface area contributed by atoms with Crippen LogP contribution in [0.3, 0.4) is 0 Å². The molecule has 2 aromatic carbocycles. The fourth-order valence-electron chi connectivity index (χ4n) is 2.30. The lowest BCUT2D eigenvalue weighted by atomic mass is 10.1. The Balaban J connectivity index is 2.01. The molecule has 2 aromatic rings. The van der Waals surface area contributed by atoms with Gasteiger partial charge in [0.1, 0.15) is 6.04 Å². The predicted molar refractivity (Wildman–Crippen MR) is 109 cm³/mol. The minimum atomic E-state index is -1.04. The quantitative estimate of drug-likeness (QED) is 0.353. The molecule has 28 heavy (non-hydrogen) atoms. The Morgan fingerprint density at radius 1 is 1.21 bits per heavy atom. The van der Waals surface area contributed by atoms with Crippen LogP contribution in [-0.2, 0) is 4.79 Å². The predicted octanol–water partition coefficient (Wildman–Crippen LogP) is 2.36. The first-order valence-electron chi connectivity index (χ1n) is 8.45. The number of hydrogen-bond acceptors (Lipinski definition) is 4. The van der Waals surface area contributed by atoms with Gasteiger partial charge in [-0.05, 0) is 55.0 Å². The number of nitrogens with one attached hydrogen (secondary N) is 2. The molecule has 5 N–H and O–H groups in total. The maximum Gasteiger partial charge on any atom is 0.267 e. The van der Waals surface area contributed by atoms with E-state index in [1.165, 1.54) is 5.48 Å². The lowest BCUT2D eigenvalue weighted by Gasteiger charge is -2.20. The molecule has 2 amide bonds. The van der Waals surface area contributed by atoms with Crippen LogP contribution in [0.4, 0.5) is 0 Å². The van der Waals surface area contributed by atoms with Crippen LogP contribution in [0, 0.1) is 11.8 Å². The molecule has 0 aliphatic rings. The molecule has 0 saturated carbocycles. The molecular formula is C21H20ClN3O3. The van der Waals surface area contributed by atoms with Crippen molar-refractivity contribution in [1.82, 2.24) is 10.8 Å². The maximum absolute atomic E-state index is 12.3. The van der Waals surface area contributed by atoms with Gasteiger partial charge in [0.25, 0.3) is 11.8 Å². The van der Waals surface area contributed by atoms with Crippen LogP contribution in [0.2, 0.25) is 5.02 Å². The lowest BCUT2D eigenvalue weighted by Crippen LogP contribution is -2.54. The van der Waals surface area contributed by atoms with Crippen LogP contribution in [0.5, 0.6) is 0 Å². The molecule has 0 aromatic heterocycles. The van der Waals surface area contributed by atoms with Crippen molar-refractivity contribution in [2.45, 2.75) is 19.0 Å². The van der Waals surface area contributed by atoms with Gasteiger partial charge in [-0.1, -0.05) is 41.6 Å². The lowest BCUT2D eigenvalue weighted by molar-refractivity contribution is -0.131. The summed E-state index contributed by atoms with van der Waals surface area (Å²) in [7, 11) is 0. The Kier molecular flexibility index (Phi) is 7.78. The summed E-state index contributed by atoms with van der Waals surface area (Å²) in [4.78, 5) is 23.8. The molecule has 0 spiro atoms. The van der Waals surface area contributed by atoms with E-state index in [1.54, 1.807) is 49.4 Å². The zero-order valence-corrected chi connectivity index (χ0v) is 15.9. The van der Waals surface area contributed by atoms with Gasteiger partial charge in [0.15, 0.2) is 0 Å². The van der Waals surface area contributed by atoms with Gasteiger partial charge in [-0.15, -0.1) is 0 Å². The van der Waals surface area contributed by atoms with Gasteiger partial charge in [0, 0.05) is 22.2 Å². The zero-order chi connectivity index (χ0) is 20.5. The van der Waals surface area contributed by atoms with Crippen molar-refractivity contribution >= 4 is 29.5 Å². The molecule has 0 fully saturated rings. The molecule has 6 nitrogen and oxygen atoms in total. The van der Waals surface area contributed by atoms with Gasteiger partial charge >= 0.3 is 0 Å². The Bertz CT molecular complexity index is 928. The largest absolute Gasteiger partial charge is 0.339 e. The summed E-state index contributed by atoms with van der Waals surface area (Å²) in [5.74, 6) is 4.65. The van der Waals surface area contributed by atoms with Gasteiger partial charge in [-0.25, -0.2) is 5.48 Å². The molecule has 144 valence electrons. The second-order valence-electron chi connectivity index (χ2n) is 6.02. The molecule has 0 saturated heterocycles. The van der Waals surface area contributed by atoms with Crippen molar-refractivity contribution < 1.29 is 14.8 Å². The molecule has 2 atom stereocenters. The summed E-state index contributed by atoms with van der Waals surface area (Å²) in [6, 6.07) is 12.3. The first kappa shape index (κ1) is 21.2. The number of hydroxylamine groups is 1. The van der Waals surface area contributed by atoms with Gasteiger partial charge < -0.3 is 11.1 Å². The average molecular weight is 398 g/mol. The van der Waals surface area contributed by atoms with Crippen LogP contribution in [0.15, 0.2) is 54.6 Å². The van der Waals surface area contributed by atoms with Crippen molar-refractivity contribution in [2.24, 2.45) is 5.73 Å². The molecular weight excluding hydrogens is 378 g/mol. The summed E-state index contributed by atoms with van der Waals surface area (Å²) in [6.07, 6.45) is 3.51.